The minimum atomic E-state index is -0.378. The van der Waals surface area contributed by atoms with Gasteiger partial charge in [0.15, 0.2) is 0 Å². The van der Waals surface area contributed by atoms with Gasteiger partial charge in [0.2, 0.25) is 29.5 Å². The number of fused-ring (bicyclic) bond motifs is 10. The maximum Gasteiger partial charge on any atom is 0.226 e. The number of likely N-dealkylation sites (N-methyl/N-ethyl adjacent to an activating group) is 1. The van der Waals surface area contributed by atoms with E-state index in [4.69, 9.17) is 28.8 Å². The van der Waals surface area contributed by atoms with Crippen molar-refractivity contribution in [3.63, 3.8) is 0 Å². The first-order valence-electron chi connectivity index (χ1n) is 36.8. The Labute approximate surface area is 728 Å². The zero-order valence-electron chi connectivity index (χ0n) is 59.4. The molecule has 0 spiro atoms. The standard InChI is InChI=1S/C19H23N2O3.C14H21N2O4.C14H21N2O3.2C13H18NO3.5Y/c22-13-15-16-6-7-17(24-16)18(15)19(23)21-10-8-20(9-11-21)12-14-4-2-1-3-5-14;17-8-7-15-3-5-16(6-4-15)14(19)13-10(9-18)11-1-2-12(13)20-11;1-2-15-5-7-16(8-6-15)14(18)13-10(9-17)11-3-4-12(13)19-11;2*15-8-9-10-4-5-11(17-10)12(9)13(16)14-6-2-1-3-7-14;;;;;/h1-5,15-18H,6-12H2;10-13,17H,1-8H2;10-13H,2-8H2,1H3;2*9-12H,1-7H2;;;;;/q5*-1;;;;;. The second kappa shape index (κ2) is 43.2. The van der Waals surface area contributed by atoms with Crippen LogP contribution < -0.4 is 0 Å². The summed E-state index contributed by atoms with van der Waals surface area (Å²) in [6, 6.07) is 10.4. The Morgan fingerprint density at radius 3 is 0.843 bits per heavy atom. The smallest absolute Gasteiger partial charge is 0.226 e. The van der Waals surface area contributed by atoms with Gasteiger partial charge in [-0.2, -0.15) is 0 Å². The Morgan fingerprint density at radius 1 is 0.343 bits per heavy atom. The Hall–Kier alpha value is 0.0795. The summed E-state index contributed by atoms with van der Waals surface area (Å²) in [6.45, 7) is 17.8. The van der Waals surface area contributed by atoms with Crippen molar-refractivity contribution in [2.24, 2.45) is 59.2 Å². The molecule has 16 rings (SSSR count). The second-order valence-corrected chi connectivity index (χ2v) is 29.3. The Bertz CT molecular complexity index is 2820. The fourth-order valence-electron chi connectivity index (χ4n) is 18.6. The van der Waals surface area contributed by atoms with Gasteiger partial charge in [-0.1, -0.05) is 66.8 Å². The number of piperazine rings is 3. The molecule has 5 radical (unpaired) electrons. The van der Waals surface area contributed by atoms with Gasteiger partial charge in [-0.3, -0.25) is 65.2 Å². The van der Waals surface area contributed by atoms with Crippen LogP contribution in [0.25, 0.3) is 0 Å². The van der Waals surface area contributed by atoms with E-state index >= 15 is 0 Å². The van der Waals surface area contributed by atoms with Gasteiger partial charge in [0, 0.05) is 341 Å². The van der Waals surface area contributed by atoms with Crippen molar-refractivity contribution in [1.29, 1.82) is 0 Å². The van der Waals surface area contributed by atoms with Crippen LogP contribution in [0.4, 0.5) is 0 Å². The van der Waals surface area contributed by atoms with Crippen molar-refractivity contribution in [2.75, 3.05) is 124 Å². The van der Waals surface area contributed by atoms with Gasteiger partial charge in [0.05, 0.1) is 37.1 Å². The number of carbonyl (C=O) groups is 5. The summed E-state index contributed by atoms with van der Waals surface area (Å²) in [5.74, 6) is -2.59. The number of likely N-dealkylation sites (tertiary alicyclic amines) is 2. The molecule has 24 nitrogen and oxygen atoms in total. The molecule has 10 bridgehead atoms. The quantitative estimate of drug-likeness (QED) is 0.247. The number of aliphatic hydroxyl groups excluding tert-OH is 1. The molecule has 1 N–H and O–H groups in total. The Balaban J connectivity index is 0.000000177. The monoisotopic (exact) mass is 1790 g/mol. The average molecular weight is 1790 g/mol. The molecule has 0 aromatic heterocycles. The molecule has 102 heavy (non-hydrogen) atoms. The molecular formula is C73H101N8O16Y5-5. The first kappa shape index (κ1) is 89.3. The van der Waals surface area contributed by atoms with Crippen LogP contribution in [0.5, 0.6) is 0 Å². The van der Waals surface area contributed by atoms with E-state index in [9.17, 15) is 47.9 Å². The van der Waals surface area contributed by atoms with E-state index in [-0.39, 0.29) is 320 Å². The largest absolute Gasteiger partial charge is 0.541 e. The zero-order chi connectivity index (χ0) is 67.7. The van der Waals surface area contributed by atoms with E-state index in [0.29, 0.717) is 19.6 Å². The third kappa shape index (κ3) is 20.7. The first-order chi connectivity index (χ1) is 47.4. The molecule has 5 amide bonds. The van der Waals surface area contributed by atoms with Crippen LogP contribution in [0.15, 0.2) is 30.3 Å². The van der Waals surface area contributed by atoms with E-state index in [2.05, 4.69) is 58.5 Å². The summed E-state index contributed by atoms with van der Waals surface area (Å²) in [4.78, 5) is 135. The summed E-state index contributed by atoms with van der Waals surface area (Å²) in [7, 11) is 0. The number of carbonyl (C=O) groups excluding carboxylic acids is 10. The maximum atomic E-state index is 12.9. The molecule has 0 saturated carbocycles. The van der Waals surface area contributed by atoms with E-state index < -0.39 is 0 Å². The minimum absolute atomic E-state index is 0. The molecule has 20 unspecified atom stereocenters. The fraction of sp³-hybridized carbons (Fsp3) is 0.781. The predicted octanol–water partition coefficient (Wildman–Crippen LogP) is 2.11. The van der Waals surface area contributed by atoms with E-state index in [0.717, 1.165) is 195 Å². The topological polar surface area (TPSA) is 263 Å². The van der Waals surface area contributed by atoms with Crippen LogP contribution in [0.2, 0.25) is 0 Å². The number of benzene rings is 1. The number of hydrogen-bond acceptors (Lipinski definition) is 19. The number of rotatable bonds is 15. The van der Waals surface area contributed by atoms with Gasteiger partial charge in [-0.05, 0) is 115 Å². The molecule has 29 heteroatoms. The van der Waals surface area contributed by atoms with Crippen LogP contribution in [-0.2, 0) is 242 Å². The number of hydrogen-bond donors (Lipinski definition) is 1. The summed E-state index contributed by atoms with van der Waals surface area (Å²) in [5.41, 5.74) is 1.30. The van der Waals surface area contributed by atoms with Crippen LogP contribution in [0, 0.1) is 59.2 Å². The summed E-state index contributed by atoms with van der Waals surface area (Å²) >= 11 is 0. The van der Waals surface area contributed by atoms with E-state index in [1.807, 2.05) is 49.4 Å². The molecule has 0 aliphatic carbocycles. The molecule has 15 fully saturated rings. The van der Waals surface area contributed by atoms with Gasteiger partial charge < -0.3 is 82.2 Å². The summed E-state index contributed by atoms with van der Waals surface area (Å²) < 4.78 is 28.6. The van der Waals surface area contributed by atoms with Crippen LogP contribution in [0.3, 0.4) is 0 Å². The minimum Gasteiger partial charge on any atom is -0.541 e. The van der Waals surface area contributed by atoms with Crippen molar-refractivity contribution < 1.29 is 240 Å². The van der Waals surface area contributed by atoms with Crippen molar-refractivity contribution in [3.05, 3.63) is 35.9 Å². The third-order valence-corrected chi connectivity index (χ3v) is 24.0. The number of β-amino-alcohol motifs (C(OH)–C–C–N with tert-alkyl or cyclic N) is 1. The average Bonchev–Trinajstić information content (AvgIpc) is 1.65. The normalized spacial score (nSPS) is 35.8. The van der Waals surface area contributed by atoms with Gasteiger partial charge in [0.25, 0.3) is 0 Å². The van der Waals surface area contributed by atoms with Crippen molar-refractivity contribution in [2.45, 2.75) is 177 Å². The number of ether oxygens (including phenoxy) is 5. The van der Waals surface area contributed by atoms with Crippen LogP contribution in [-0.4, -0.2) is 291 Å². The van der Waals surface area contributed by atoms with E-state index in [1.165, 1.54) is 18.4 Å². The summed E-state index contributed by atoms with van der Waals surface area (Å²) in [5, 5.41) is 8.92. The Morgan fingerprint density at radius 2 is 0.588 bits per heavy atom. The predicted molar refractivity (Wildman–Crippen MR) is 351 cm³/mol. The molecule has 549 valence electrons. The van der Waals surface area contributed by atoms with Crippen LogP contribution >= 0.6 is 0 Å². The molecule has 15 aliphatic heterocycles. The molecule has 15 saturated heterocycles. The molecular weight excluding hydrogens is 1690 g/mol. The van der Waals surface area contributed by atoms with E-state index in [1.54, 1.807) is 0 Å². The SMILES string of the molecule is CCN1CCN(C(=O)C2C3CCC(O3)C2[C-]=O)CC1.O=[C-]C1C2CCC(O2)C1C(=O)N1CCCCC1.O=[C-]C1C2CCC(O2)C1C(=O)N1CCCCC1.O=[C-]C1C2CCC(O2)C1C(=O)N1CCN(CCO)CC1.O=[C-]C1C2CCC(O2)C1C(=O)N1CCN(Cc2ccccc2)CC1.[Y].[Y].[Y].[Y].[Y]. The molecule has 20 atom stereocenters. The first-order valence-corrected chi connectivity index (χ1v) is 36.8. The molecule has 1 aromatic rings. The number of aliphatic hydroxyl groups is 1. The second-order valence-electron chi connectivity index (χ2n) is 29.3. The van der Waals surface area contributed by atoms with Gasteiger partial charge in [-0.25, -0.2) is 0 Å². The van der Waals surface area contributed by atoms with Gasteiger partial charge >= 0.3 is 0 Å². The Kier molecular flexibility index (Phi) is 37.8. The molecule has 15 aliphatic rings. The van der Waals surface area contributed by atoms with Crippen LogP contribution in [0.1, 0.15) is 115 Å². The van der Waals surface area contributed by atoms with Gasteiger partial charge in [0.1, 0.15) is 0 Å². The fourth-order valence-corrected chi connectivity index (χ4v) is 18.6. The molecule has 1 aromatic carbocycles. The van der Waals surface area contributed by atoms with Crippen molar-refractivity contribution in [1.82, 2.24) is 39.2 Å². The van der Waals surface area contributed by atoms with Gasteiger partial charge in [-0.15, -0.1) is 0 Å². The number of nitrogens with zero attached hydrogens (tertiary/aromatic N) is 8. The molecule has 15 heterocycles. The number of piperidine rings is 2. The number of amides is 5. The van der Waals surface area contributed by atoms with Crippen molar-refractivity contribution >= 4 is 61.0 Å². The van der Waals surface area contributed by atoms with Crippen molar-refractivity contribution in [3.8, 4) is 0 Å². The maximum absolute atomic E-state index is 12.9. The summed E-state index contributed by atoms with van der Waals surface area (Å²) in [6.07, 6.45) is 25.4. The third-order valence-electron chi connectivity index (χ3n) is 24.0. The zero-order valence-corrected chi connectivity index (χ0v) is 73.6.